The van der Waals surface area contributed by atoms with E-state index in [4.69, 9.17) is 11.1 Å². The summed E-state index contributed by atoms with van der Waals surface area (Å²) in [4.78, 5) is 0. The van der Waals surface area contributed by atoms with E-state index in [2.05, 4.69) is 11.2 Å². The summed E-state index contributed by atoms with van der Waals surface area (Å²) < 4.78 is 1.97. The van der Waals surface area contributed by atoms with Crippen molar-refractivity contribution in [1.29, 1.82) is 5.41 Å². The van der Waals surface area contributed by atoms with Gasteiger partial charge >= 0.3 is 0 Å². The number of rotatable bonds is 3. The standard InChI is InChI=1S/C13H16N4.ClH/c1-9-7-10(2)17(16-9)8-11-3-5-12(6-4-11)13(14)15;/h3-7H,8H2,1-2H3,(H3,14,15);1H. The SMILES string of the molecule is Cc1cc(C)n(Cc2ccc(C(=N)N)cc2)n1.Cl. The highest BCUT2D eigenvalue weighted by atomic mass is 35.5. The second-order valence-electron chi connectivity index (χ2n) is 4.20. The van der Waals surface area contributed by atoms with Gasteiger partial charge in [-0.25, -0.2) is 0 Å². The number of halogens is 1. The molecule has 3 N–H and O–H groups in total. The van der Waals surface area contributed by atoms with Gasteiger partial charge in [0, 0.05) is 11.3 Å². The van der Waals surface area contributed by atoms with Gasteiger partial charge in [0.05, 0.1) is 12.2 Å². The lowest BCUT2D eigenvalue weighted by Crippen LogP contribution is -2.11. The summed E-state index contributed by atoms with van der Waals surface area (Å²) in [5.74, 6) is 0.0997. The molecule has 0 amide bonds. The molecule has 0 saturated carbocycles. The largest absolute Gasteiger partial charge is 0.384 e. The lowest BCUT2D eigenvalue weighted by atomic mass is 10.1. The Morgan fingerprint density at radius 2 is 1.89 bits per heavy atom. The number of aromatic nitrogens is 2. The Balaban J connectivity index is 0.00000162. The first-order valence-electron chi connectivity index (χ1n) is 5.50. The van der Waals surface area contributed by atoms with Gasteiger partial charge in [-0.2, -0.15) is 5.10 Å². The summed E-state index contributed by atoms with van der Waals surface area (Å²) in [5.41, 5.74) is 9.50. The fourth-order valence-electron chi connectivity index (χ4n) is 1.80. The van der Waals surface area contributed by atoms with Crippen LogP contribution in [0.4, 0.5) is 0 Å². The van der Waals surface area contributed by atoms with Crippen molar-refractivity contribution >= 4 is 18.2 Å². The summed E-state index contributed by atoms with van der Waals surface area (Å²) >= 11 is 0. The van der Waals surface area contributed by atoms with Crippen molar-refractivity contribution in [3.63, 3.8) is 0 Å². The molecule has 18 heavy (non-hydrogen) atoms. The number of aryl methyl sites for hydroxylation is 2. The van der Waals surface area contributed by atoms with E-state index in [-0.39, 0.29) is 18.2 Å². The van der Waals surface area contributed by atoms with Gasteiger partial charge in [-0.05, 0) is 25.5 Å². The lowest BCUT2D eigenvalue weighted by molar-refractivity contribution is 0.659. The molecule has 0 saturated heterocycles. The minimum absolute atomic E-state index is 0. The summed E-state index contributed by atoms with van der Waals surface area (Å²) in [6.07, 6.45) is 0. The Labute approximate surface area is 113 Å². The summed E-state index contributed by atoms with van der Waals surface area (Å²) in [7, 11) is 0. The Bertz CT molecular complexity index is 543. The van der Waals surface area contributed by atoms with E-state index >= 15 is 0 Å². The molecule has 0 aliphatic carbocycles. The minimum atomic E-state index is 0. The second-order valence-corrected chi connectivity index (χ2v) is 4.20. The number of benzene rings is 1. The van der Waals surface area contributed by atoms with Crippen LogP contribution in [0, 0.1) is 19.3 Å². The average molecular weight is 265 g/mol. The Morgan fingerprint density at radius 1 is 1.28 bits per heavy atom. The lowest BCUT2D eigenvalue weighted by Gasteiger charge is -2.05. The first kappa shape index (κ1) is 14.3. The van der Waals surface area contributed by atoms with Gasteiger partial charge in [-0.1, -0.05) is 24.3 Å². The van der Waals surface area contributed by atoms with Crippen LogP contribution in [0.25, 0.3) is 0 Å². The minimum Gasteiger partial charge on any atom is -0.384 e. The normalized spacial score (nSPS) is 9.89. The van der Waals surface area contributed by atoms with E-state index in [0.29, 0.717) is 0 Å². The van der Waals surface area contributed by atoms with Crippen LogP contribution in [0.1, 0.15) is 22.5 Å². The maximum Gasteiger partial charge on any atom is 0.122 e. The fourth-order valence-corrected chi connectivity index (χ4v) is 1.80. The van der Waals surface area contributed by atoms with Crippen molar-refractivity contribution in [2.45, 2.75) is 20.4 Å². The molecule has 2 rings (SSSR count). The summed E-state index contributed by atoms with van der Waals surface area (Å²) in [5, 5.41) is 11.7. The van der Waals surface area contributed by atoms with E-state index < -0.39 is 0 Å². The van der Waals surface area contributed by atoms with Gasteiger partial charge < -0.3 is 5.73 Å². The molecule has 1 aromatic carbocycles. The molecule has 0 atom stereocenters. The van der Waals surface area contributed by atoms with Gasteiger partial charge in [-0.15, -0.1) is 12.4 Å². The molecule has 4 nitrogen and oxygen atoms in total. The smallest absolute Gasteiger partial charge is 0.122 e. The van der Waals surface area contributed by atoms with Crippen LogP contribution in [0.15, 0.2) is 30.3 Å². The third kappa shape index (κ3) is 3.11. The van der Waals surface area contributed by atoms with Crippen molar-refractivity contribution in [3.05, 3.63) is 52.8 Å². The highest BCUT2D eigenvalue weighted by molar-refractivity contribution is 5.94. The molecule has 1 heterocycles. The molecule has 0 fully saturated rings. The maximum atomic E-state index is 7.32. The number of nitrogens with zero attached hydrogens (tertiary/aromatic N) is 2. The second kappa shape index (κ2) is 5.69. The molecule has 0 radical (unpaired) electrons. The van der Waals surface area contributed by atoms with Gasteiger partial charge in [-0.3, -0.25) is 10.1 Å². The van der Waals surface area contributed by atoms with Crippen LogP contribution >= 0.6 is 12.4 Å². The van der Waals surface area contributed by atoms with Gasteiger partial charge in [0.2, 0.25) is 0 Å². The van der Waals surface area contributed by atoms with Crippen LogP contribution in [0.2, 0.25) is 0 Å². The molecule has 0 unspecified atom stereocenters. The van der Waals surface area contributed by atoms with E-state index in [1.54, 1.807) is 0 Å². The molecule has 5 heteroatoms. The predicted molar refractivity (Wildman–Crippen MR) is 75.5 cm³/mol. The molecule has 0 spiro atoms. The van der Waals surface area contributed by atoms with Crippen LogP contribution in [0.5, 0.6) is 0 Å². The number of amidine groups is 1. The molecule has 0 aliphatic heterocycles. The van der Waals surface area contributed by atoms with Crippen LogP contribution in [-0.2, 0) is 6.54 Å². The number of hydrogen-bond acceptors (Lipinski definition) is 2. The summed E-state index contributed by atoms with van der Waals surface area (Å²) in [6.45, 7) is 4.78. The summed E-state index contributed by atoms with van der Waals surface area (Å²) in [6, 6.07) is 9.75. The molecule has 0 bridgehead atoms. The third-order valence-corrected chi connectivity index (χ3v) is 2.70. The van der Waals surface area contributed by atoms with Gasteiger partial charge in [0.1, 0.15) is 5.84 Å². The van der Waals surface area contributed by atoms with Gasteiger partial charge in [0.15, 0.2) is 0 Å². The fraction of sp³-hybridized carbons (Fsp3) is 0.231. The van der Waals surface area contributed by atoms with Crippen LogP contribution < -0.4 is 5.73 Å². The van der Waals surface area contributed by atoms with E-state index in [1.165, 1.54) is 0 Å². The molecular weight excluding hydrogens is 248 g/mol. The maximum absolute atomic E-state index is 7.32. The number of nitrogen functional groups attached to an aromatic ring is 1. The molecule has 1 aromatic heterocycles. The van der Waals surface area contributed by atoms with Crippen molar-refractivity contribution in [1.82, 2.24) is 9.78 Å². The number of nitrogens with one attached hydrogen (secondary N) is 1. The molecule has 0 aliphatic rings. The average Bonchev–Trinajstić information content (AvgIpc) is 2.58. The van der Waals surface area contributed by atoms with Crippen LogP contribution in [0.3, 0.4) is 0 Å². The van der Waals surface area contributed by atoms with Crippen molar-refractivity contribution in [2.24, 2.45) is 5.73 Å². The quantitative estimate of drug-likeness (QED) is 0.660. The number of hydrogen-bond donors (Lipinski definition) is 2. The van der Waals surface area contributed by atoms with Crippen molar-refractivity contribution in [2.75, 3.05) is 0 Å². The van der Waals surface area contributed by atoms with E-state index in [9.17, 15) is 0 Å². The molecular formula is C13H17ClN4. The zero-order valence-corrected chi connectivity index (χ0v) is 11.3. The molecule has 2 aromatic rings. The topological polar surface area (TPSA) is 67.7 Å². The Kier molecular flexibility index (Phi) is 4.50. The Morgan fingerprint density at radius 3 is 2.33 bits per heavy atom. The van der Waals surface area contributed by atoms with E-state index in [1.807, 2.05) is 42.8 Å². The zero-order valence-electron chi connectivity index (χ0n) is 10.5. The number of nitrogens with two attached hydrogens (primary N) is 1. The van der Waals surface area contributed by atoms with Crippen molar-refractivity contribution in [3.8, 4) is 0 Å². The monoisotopic (exact) mass is 264 g/mol. The predicted octanol–water partition coefficient (Wildman–Crippen LogP) is 2.25. The molecule has 96 valence electrons. The Hall–Kier alpha value is -1.81. The highest BCUT2D eigenvalue weighted by Gasteiger charge is 2.02. The zero-order chi connectivity index (χ0) is 12.4. The highest BCUT2D eigenvalue weighted by Crippen LogP contribution is 2.08. The van der Waals surface area contributed by atoms with Gasteiger partial charge in [0.25, 0.3) is 0 Å². The first-order valence-corrected chi connectivity index (χ1v) is 5.50. The van der Waals surface area contributed by atoms with Crippen molar-refractivity contribution < 1.29 is 0 Å². The van der Waals surface area contributed by atoms with Crippen LogP contribution in [-0.4, -0.2) is 15.6 Å². The van der Waals surface area contributed by atoms with E-state index in [0.717, 1.165) is 29.1 Å². The third-order valence-electron chi connectivity index (χ3n) is 2.70. The first-order chi connectivity index (χ1) is 8.06.